The molecule has 1 aliphatic rings. The van der Waals surface area contributed by atoms with Gasteiger partial charge in [-0.05, 0) is 36.8 Å². The van der Waals surface area contributed by atoms with E-state index in [1.54, 1.807) is 11.3 Å². The van der Waals surface area contributed by atoms with Gasteiger partial charge in [0.05, 0.1) is 6.54 Å². The van der Waals surface area contributed by atoms with Gasteiger partial charge in [-0.25, -0.2) is 4.79 Å². The summed E-state index contributed by atoms with van der Waals surface area (Å²) in [6.07, 6.45) is 1.95. The van der Waals surface area contributed by atoms with Crippen LogP contribution < -0.4 is 10.6 Å². The Morgan fingerprint density at radius 3 is 2.95 bits per heavy atom. The molecule has 20 heavy (non-hydrogen) atoms. The van der Waals surface area contributed by atoms with Crippen molar-refractivity contribution in [2.24, 2.45) is 0 Å². The van der Waals surface area contributed by atoms with Gasteiger partial charge in [0.2, 0.25) is 5.91 Å². The molecule has 0 bridgehead atoms. The molecule has 1 aromatic heterocycles. The zero-order valence-electron chi connectivity index (χ0n) is 11.9. The SMILES string of the molecule is CCNC(=O)NC(=O)CN1CCc2sccc2[C@@H]1CC. The highest BCUT2D eigenvalue weighted by Crippen LogP contribution is 2.34. The molecule has 1 atom stereocenters. The van der Waals surface area contributed by atoms with Crippen LogP contribution >= 0.6 is 11.3 Å². The topological polar surface area (TPSA) is 61.4 Å². The zero-order valence-corrected chi connectivity index (χ0v) is 12.8. The summed E-state index contributed by atoms with van der Waals surface area (Å²) in [5.74, 6) is -0.243. The first-order valence-electron chi connectivity index (χ1n) is 7.03. The summed E-state index contributed by atoms with van der Waals surface area (Å²) >= 11 is 1.79. The van der Waals surface area contributed by atoms with Gasteiger partial charge in [0.15, 0.2) is 0 Å². The number of nitrogens with one attached hydrogen (secondary N) is 2. The molecule has 110 valence electrons. The Balaban J connectivity index is 1.96. The lowest BCUT2D eigenvalue weighted by molar-refractivity contribution is -0.121. The molecular weight excluding hydrogens is 274 g/mol. The summed E-state index contributed by atoms with van der Waals surface area (Å²) in [6, 6.07) is 2.02. The van der Waals surface area contributed by atoms with Crippen LogP contribution in [-0.4, -0.2) is 36.5 Å². The van der Waals surface area contributed by atoms with Crippen molar-refractivity contribution in [2.75, 3.05) is 19.6 Å². The quantitative estimate of drug-likeness (QED) is 0.892. The fourth-order valence-corrected chi connectivity index (χ4v) is 3.60. The molecule has 0 saturated heterocycles. The van der Waals surface area contributed by atoms with E-state index in [1.165, 1.54) is 10.4 Å². The van der Waals surface area contributed by atoms with Crippen LogP contribution in [0.1, 0.15) is 36.8 Å². The highest BCUT2D eigenvalue weighted by Gasteiger charge is 2.28. The minimum Gasteiger partial charge on any atom is -0.338 e. The molecule has 0 fully saturated rings. The second-order valence-electron chi connectivity index (χ2n) is 4.85. The van der Waals surface area contributed by atoms with E-state index >= 15 is 0 Å². The molecule has 2 rings (SSSR count). The standard InChI is InChI=1S/C14H21N3O2S/c1-3-11-10-6-8-20-12(10)5-7-17(11)9-13(18)16-14(19)15-4-2/h6,8,11H,3-5,7,9H2,1-2H3,(H2,15,16,18,19)/t11-/m0/s1. The summed E-state index contributed by atoms with van der Waals surface area (Å²) < 4.78 is 0. The Bertz CT molecular complexity index is 487. The van der Waals surface area contributed by atoms with Gasteiger partial charge in [-0.3, -0.25) is 15.0 Å². The third-order valence-corrected chi connectivity index (χ3v) is 4.53. The first-order valence-corrected chi connectivity index (χ1v) is 7.91. The van der Waals surface area contributed by atoms with Gasteiger partial charge in [0, 0.05) is 24.0 Å². The summed E-state index contributed by atoms with van der Waals surface area (Å²) in [7, 11) is 0. The molecule has 0 spiro atoms. The number of carbonyl (C=O) groups excluding carboxylic acids is 2. The predicted octanol–water partition coefficient (Wildman–Crippen LogP) is 1.90. The van der Waals surface area contributed by atoms with Crippen LogP contribution in [0.25, 0.3) is 0 Å². The number of urea groups is 1. The van der Waals surface area contributed by atoms with Crippen molar-refractivity contribution in [3.05, 3.63) is 21.9 Å². The van der Waals surface area contributed by atoms with Crippen molar-refractivity contribution >= 4 is 23.3 Å². The number of rotatable bonds is 4. The average Bonchev–Trinajstić information content (AvgIpc) is 2.86. The molecule has 1 aromatic rings. The van der Waals surface area contributed by atoms with E-state index in [0.29, 0.717) is 6.54 Å². The van der Waals surface area contributed by atoms with Crippen molar-refractivity contribution < 1.29 is 9.59 Å². The van der Waals surface area contributed by atoms with E-state index in [-0.39, 0.29) is 18.5 Å². The monoisotopic (exact) mass is 295 g/mol. The van der Waals surface area contributed by atoms with Crippen LogP contribution in [-0.2, 0) is 11.2 Å². The molecular formula is C14H21N3O2S. The van der Waals surface area contributed by atoms with Gasteiger partial charge < -0.3 is 5.32 Å². The third-order valence-electron chi connectivity index (χ3n) is 3.53. The lowest BCUT2D eigenvalue weighted by Crippen LogP contribution is -2.46. The average molecular weight is 295 g/mol. The lowest BCUT2D eigenvalue weighted by Gasteiger charge is -2.34. The van der Waals surface area contributed by atoms with Crippen LogP contribution in [0.4, 0.5) is 4.79 Å². The number of hydrogen-bond donors (Lipinski definition) is 2. The minimum atomic E-state index is -0.418. The Morgan fingerprint density at radius 2 is 2.25 bits per heavy atom. The first-order chi connectivity index (χ1) is 9.65. The van der Waals surface area contributed by atoms with Crippen molar-refractivity contribution in [1.82, 2.24) is 15.5 Å². The van der Waals surface area contributed by atoms with Crippen LogP contribution in [0, 0.1) is 0 Å². The molecule has 0 saturated carbocycles. The van der Waals surface area contributed by atoms with Crippen molar-refractivity contribution in [1.29, 1.82) is 0 Å². The number of imide groups is 1. The Labute approximate surface area is 123 Å². The number of hydrogen-bond acceptors (Lipinski definition) is 4. The number of fused-ring (bicyclic) bond motifs is 1. The third kappa shape index (κ3) is 3.37. The van der Waals surface area contributed by atoms with Crippen LogP contribution in [0.5, 0.6) is 0 Å². The molecule has 0 aromatic carbocycles. The summed E-state index contributed by atoms with van der Waals surface area (Å²) in [6.45, 7) is 5.60. The highest BCUT2D eigenvalue weighted by molar-refractivity contribution is 7.10. The maximum Gasteiger partial charge on any atom is 0.321 e. The van der Waals surface area contributed by atoms with Crippen molar-refractivity contribution in [3.63, 3.8) is 0 Å². The maximum absolute atomic E-state index is 11.9. The second-order valence-corrected chi connectivity index (χ2v) is 5.85. The van der Waals surface area contributed by atoms with Gasteiger partial charge >= 0.3 is 6.03 Å². The van der Waals surface area contributed by atoms with E-state index < -0.39 is 6.03 Å². The van der Waals surface area contributed by atoms with Crippen LogP contribution in [0.15, 0.2) is 11.4 Å². The minimum absolute atomic E-state index is 0.243. The predicted molar refractivity (Wildman–Crippen MR) is 79.8 cm³/mol. The van der Waals surface area contributed by atoms with Crippen molar-refractivity contribution in [3.8, 4) is 0 Å². The molecule has 0 radical (unpaired) electrons. The van der Waals surface area contributed by atoms with Gasteiger partial charge in [-0.1, -0.05) is 6.92 Å². The van der Waals surface area contributed by atoms with Crippen LogP contribution in [0.3, 0.4) is 0 Å². The van der Waals surface area contributed by atoms with Crippen LogP contribution in [0.2, 0.25) is 0 Å². The van der Waals surface area contributed by atoms with Gasteiger partial charge in [-0.2, -0.15) is 0 Å². The number of thiophene rings is 1. The van der Waals surface area contributed by atoms with Gasteiger partial charge in [0.25, 0.3) is 0 Å². The molecule has 2 heterocycles. The molecule has 2 N–H and O–H groups in total. The Hall–Kier alpha value is -1.40. The zero-order chi connectivity index (χ0) is 14.5. The summed E-state index contributed by atoms with van der Waals surface area (Å²) in [5.41, 5.74) is 1.34. The largest absolute Gasteiger partial charge is 0.338 e. The van der Waals surface area contributed by atoms with E-state index in [1.807, 2.05) is 6.92 Å². The Kier molecular flexibility index (Phi) is 5.14. The molecule has 6 heteroatoms. The summed E-state index contributed by atoms with van der Waals surface area (Å²) in [5, 5.41) is 7.04. The molecule has 3 amide bonds. The Morgan fingerprint density at radius 1 is 1.45 bits per heavy atom. The summed E-state index contributed by atoms with van der Waals surface area (Å²) in [4.78, 5) is 26.8. The second kappa shape index (κ2) is 6.85. The van der Waals surface area contributed by atoms with E-state index in [2.05, 4.69) is 33.9 Å². The van der Waals surface area contributed by atoms with Gasteiger partial charge in [0.1, 0.15) is 0 Å². The molecule has 5 nitrogen and oxygen atoms in total. The van der Waals surface area contributed by atoms with E-state index in [9.17, 15) is 9.59 Å². The lowest BCUT2D eigenvalue weighted by atomic mass is 9.98. The maximum atomic E-state index is 11.9. The smallest absolute Gasteiger partial charge is 0.321 e. The number of nitrogens with zero attached hydrogens (tertiary/aromatic N) is 1. The number of amides is 3. The van der Waals surface area contributed by atoms with E-state index in [0.717, 1.165) is 19.4 Å². The molecule has 0 unspecified atom stereocenters. The first kappa shape index (κ1) is 15.0. The van der Waals surface area contributed by atoms with Gasteiger partial charge in [-0.15, -0.1) is 11.3 Å². The fraction of sp³-hybridized carbons (Fsp3) is 0.571. The molecule has 1 aliphatic heterocycles. The fourth-order valence-electron chi connectivity index (χ4n) is 2.67. The highest BCUT2D eigenvalue weighted by atomic mass is 32.1. The van der Waals surface area contributed by atoms with Crippen molar-refractivity contribution in [2.45, 2.75) is 32.7 Å². The number of carbonyl (C=O) groups is 2. The normalized spacial score (nSPS) is 18.4. The molecule has 0 aliphatic carbocycles. The van der Waals surface area contributed by atoms with E-state index in [4.69, 9.17) is 0 Å².